The number of rotatable bonds is 7. The summed E-state index contributed by atoms with van der Waals surface area (Å²) in [6.07, 6.45) is 2.38. The highest BCUT2D eigenvalue weighted by molar-refractivity contribution is 9.10. The van der Waals surface area contributed by atoms with Crippen LogP contribution in [0.15, 0.2) is 34.9 Å². The summed E-state index contributed by atoms with van der Waals surface area (Å²) in [4.78, 5) is 19.3. The van der Waals surface area contributed by atoms with Gasteiger partial charge in [0.25, 0.3) is 0 Å². The van der Waals surface area contributed by atoms with Crippen LogP contribution in [0.3, 0.4) is 0 Å². The van der Waals surface area contributed by atoms with Crippen molar-refractivity contribution in [3.63, 3.8) is 0 Å². The number of benzene rings is 1. The smallest absolute Gasteiger partial charge is 0.223 e. The van der Waals surface area contributed by atoms with E-state index in [1.807, 2.05) is 44.4 Å². The molecule has 0 fully saturated rings. The number of halogens is 1. The summed E-state index contributed by atoms with van der Waals surface area (Å²) in [5.74, 6) is 0.142. The van der Waals surface area contributed by atoms with Crippen LogP contribution in [-0.4, -0.2) is 29.4 Å². The molecule has 1 aromatic heterocycles. The summed E-state index contributed by atoms with van der Waals surface area (Å²) >= 11 is 5.19. The van der Waals surface area contributed by atoms with E-state index in [4.69, 9.17) is 0 Å². The first-order valence-corrected chi connectivity index (χ1v) is 8.76. The van der Waals surface area contributed by atoms with Gasteiger partial charge in [-0.15, -0.1) is 11.3 Å². The largest absolute Gasteiger partial charge is 0.341 e. The average Bonchev–Trinajstić information content (AvgIpc) is 2.91. The summed E-state index contributed by atoms with van der Waals surface area (Å²) < 4.78 is 1.04. The number of amides is 1. The maximum Gasteiger partial charge on any atom is 0.223 e. The van der Waals surface area contributed by atoms with E-state index in [1.165, 1.54) is 4.88 Å². The molecule has 1 amide bonds. The molecule has 2 aromatic rings. The number of aromatic nitrogens is 1. The number of thiazole rings is 1. The Hall–Kier alpha value is -1.24. The molecule has 2 rings (SSSR count). The van der Waals surface area contributed by atoms with Gasteiger partial charge in [-0.3, -0.25) is 4.79 Å². The highest BCUT2D eigenvalue weighted by atomic mass is 79.9. The van der Waals surface area contributed by atoms with Crippen LogP contribution in [0.1, 0.15) is 21.9 Å². The van der Waals surface area contributed by atoms with Crippen LogP contribution in [0, 0.1) is 6.92 Å². The predicted molar refractivity (Wildman–Crippen MR) is 93.8 cm³/mol. The topological polar surface area (TPSA) is 45.2 Å². The van der Waals surface area contributed by atoms with Gasteiger partial charge >= 0.3 is 0 Å². The van der Waals surface area contributed by atoms with Gasteiger partial charge in [0.1, 0.15) is 0 Å². The van der Waals surface area contributed by atoms with Gasteiger partial charge in [0, 0.05) is 48.6 Å². The average molecular weight is 382 g/mol. The van der Waals surface area contributed by atoms with Crippen molar-refractivity contribution in [2.75, 3.05) is 13.6 Å². The number of hydrogen-bond acceptors (Lipinski definition) is 4. The predicted octanol–water partition coefficient (Wildman–Crippen LogP) is 3.35. The summed E-state index contributed by atoms with van der Waals surface area (Å²) in [5.41, 5.74) is 1.12. The third-order valence-corrected chi connectivity index (χ3v) is 4.96. The second-order valence-corrected chi connectivity index (χ2v) is 7.29. The van der Waals surface area contributed by atoms with Gasteiger partial charge in [0.05, 0.1) is 5.01 Å². The summed E-state index contributed by atoms with van der Waals surface area (Å²) in [6.45, 7) is 4.06. The Balaban J connectivity index is 1.71. The number of hydrogen-bond donors (Lipinski definition) is 1. The summed E-state index contributed by atoms with van der Waals surface area (Å²) in [6, 6.07) is 7.97. The fraction of sp³-hybridized carbons (Fsp3) is 0.375. The zero-order chi connectivity index (χ0) is 15.9. The van der Waals surface area contributed by atoms with E-state index in [9.17, 15) is 4.79 Å². The molecule has 0 bridgehead atoms. The molecule has 0 aliphatic rings. The number of nitrogens with one attached hydrogen (secondary N) is 1. The Kier molecular flexibility index (Phi) is 6.54. The molecule has 0 saturated carbocycles. The molecule has 0 aliphatic heterocycles. The highest BCUT2D eigenvalue weighted by Gasteiger charge is 2.10. The van der Waals surface area contributed by atoms with Crippen molar-refractivity contribution in [2.45, 2.75) is 26.4 Å². The minimum Gasteiger partial charge on any atom is -0.341 e. The Morgan fingerprint density at radius 3 is 2.86 bits per heavy atom. The van der Waals surface area contributed by atoms with Gasteiger partial charge in [-0.2, -0.15) is 0 Å². The van der Waals surface area contributed by atoms with Crippen molar-refractivity contribution >= 4 is 33.2 Å². The van der Waals surface area contributed by atoms with Crippen LogP contribution < -0.4 is 5.32 Å². The second kappa shape index (κ2) is 8.41. The van der Waals surface area contributed by atoms with E-state index in [0.717, 1.165) is 21.6 Å². The van der Waals surface area contributed by atoms with Crippen LogP contribution in [0.4, 0.5) is 0 Å². The van der Waals surface area contributed by atoms with E-state index in [1.54, 1.807) is 16.2 Å². The van der Waals surface area contributed by atoms with E-state index in [2.05, 4.69) is 26.2 Å². The number of aryl methyl sites for hydroxylation is 1. The molecule has 1 N–H and O–H groups in total. The van der Waals surface area contributed by atoms with Crippen molar-refractivity contribution in [3.8, 4) is 0 Å². The minimum absolute atomic E-state index is 0.142. The molecule has 1 heterocycles. The lowest BCUT2D eigenvalue weighted by Crippen LogP contribution is -2.29. The zero-order valence-corrected chi connectivity index (χ0v) is 15.2. The fourth-order valence-electron chi connectivity index (χ4n) is 2.06. The Labute approximate surface area is 143 Å². The van der Waals surface area contributed by atoms with Crippen molar-refractivity contribution < 1.29 is 4.79 Å². The van der Waals surface area contributed by atoms with Crippen molar-refractivity contribution in [1.82, 2.24) is 15.2 Å². The molecule has 0 spiro atoms. The molecule has 22 heavy (non-hydrogen) atoms. The van der Waals surface area contributed by atoms with Crippen molar-refractivity contribution in [2.24, 2.45) is 0 Å². The van der Waals surface area contributed by atoms with E-state index in [-0.39, 0.29) is 5.91 Å². The first-order valence-electron chi connectivity index (χ1n) is 7.15. The quantitative estimate of drug-likeness (QED) is 0.747. The maximum atomic E-state index is 12.1. The molecule has 0 atom stereocenters. The summed E-state index contributed by atoms with van der Waals surface area (Å²) in [5, 5.41) is 4.36. The summed E-state index contributed by atoms with van der Waals surface area (Å²) in [7, 11) is 1.84. The third kappa shape index (κ3) is 5.19. The standard InChI is InChI=1S/C16H20BrN3OS/c1-12-19-10-14(22-12)9-18-8-7-16(21)20(2)11-13-5-3-4-6-15(13)17/h3-6,10,18H,7-9,11H2,1-2H3. The molecule has 0 aliphatic carbocycles. The van der Waals surface area contributed by atoms with Crippen LogP contribution in [0.5, 0.6) is 0 Å². The van der Waals surface area contributed by atoms with Gasteiger partial charge < -0.3 is 10.2 Å². The van der Waals surface area contributed by atoms with Crippen LogP contribution in [0.2, 0.25) is 0 Å². The minimum atomic E-state index is 0.142. The highest BCUT2D eigenvalue weighted by Crippen LogP contribution is 2.17. The van der Waals surface area contributed by atoms with Gasteiger partial charge in [-0.25, -0.2) is 4.98 Å². The lowest BCUT2D eigenvalue weighted by Gasteiger charge is -2.18. The second-order valence-electron chi connectivity index (χ2n) is 5.11. The van der Waals surface area contributed by atoms with Gasteiger partial charge in [0.2, 0.25) is 5.91 Å². The normalized spacial score (nSPS) is 10.7. The molecule has 6 heteroatoms. The Bertz CT molecular complexity index is 629. The molecule has 1 aromatic carbocycles. The van der Waals surface area contributed by atoms with Crippen LogP contribution >= 0.6 is 27.3 Å². The number of carbonyl (C=O) groups excluding carboxylic acids is 1. The molecular weight excluding hydrogens is 362 g/mol. The molecule has 0 unspecified atom stereocenters. The lowest BCUT2D eigenvalue weighted by molar-refractivity contribution is -0.130. The Morgan fingerprint density at radius 1 is 1.41 bits per heavy atom. The van der Waals surface area contributed by atoms with E-state index in [0.29, 0.717) is 19.5 Å². The first kappa shape index (κ1) is 17.1. The SMILES string of the molecule is Cc1ncc(CNCCC(=O)N(C)Cc2ccccc2Br)s1. The number of nitrogens with zero attached hydrogens (tertiary/aromatic N) is 2. The van der Waals surface area contributed by atoms with E-state index < -0.39 is 0 Å². The van der Waals surface area contributed by atoms with Crippen LogP contribution in [0.25, 0.3) is 0 Å². The molecule has 4 nitrogen and oxygen atoms in total. The van der Waals surface area contributed by atoms with Crippen LogP contribution in [-0.2, 0) is 17.9 Å². The first-order chi connectivity index (χ1) is 10.6. The Morgan fingerprint density at radius 2 is 2.18 bits per heavy atom. The number of carbonyl (C=O) groups is 1. The van der Waals surface area contributed by atoms with Gasteiger partial charge in [0.15, 0.2) is 0 Å². The molecule has 0 saturated heterocycles. The monoisotopic (exact) mass is 381 g/mol. The zero-order valence-electron chi connectivity index (χ0n) is 12.8. The van der Waals surface area contributed by atoms with Crippen molar-refractivity contribution in [3.05, 3.63) is 50.4 Å². The van der Waals surface area contributed by atoms with E-state index >= 15 is 0 Å². The van der Waals surface area contributed by atoms with Gasteiger partial charge in [-0.05, 0) is 18.6 Å². The molecule has 0 radical (unpaired) electrons. The van der Waals surface area contributed by atoms with Gasteiger partial charge in [-0.1, -0.05) is 34.1 Å². The third-order valence-electron chi connectivity index (χ3n) is 3.28. The molecule has 118 valence electrons. The molecular formula is C16H20BrN3OS. The lowest BCUT2D eigenvalue weighted by atomic mass is 10.2. The van der Waals surface area contributed by atoms with Crippen molar-refractivity contribution in [1.29, 1.82) is 0 Å². The fourth-order valence-corrected chi connectivity index (χ4v) is 3.23. The maximum absolute atomic E-state index is 12.1.